The Morgan fingerprint density at radius 1 is 0.929 bits per heavy atom. The van der Waals surface area contributed by atoms with Crippen LogP contribution in [-0.4, -0.2) is 23.3 Å². The predicted octanol–water partition coefficient (Wildman–Crippen LogP) is 3.87. The molecule has 0 atom stereocenters. The zero-order chi connectivity index (χ0) is 19.8. The third-order valence-corrected chi connectivity index (χ3v) is 4.44. The number of para-hydroxylation sites is 1. The van der Waals surface area contributed by atoms with Crippen molar-refractivity contribution < 1.29 is 9.59 Å². The van der Waals surface area contributed by atoms with Crippen LogP contribution < -0.4 is 10.6 Å². The molecule has 3 rings (SSSR count). The van der Waals surface area contributed by atoms with Gasteiger partial charge in [0, 0.05) is 24.0 Å². The maximum atomic E-state index is 12.6. The Morgan fingerprint density at radius 3 is 2.46 bits per heavy atom. The molecule has 1 aromatic heterocycles. The highest BCUT2D eigenvalue weighted by Crippen LogP contribution is 2.16. The number of benzene rings is 2. The Balaban J connectivity index is 1.62. The lowest BCUT2D eigenvalue weighted by Gasteiger charge is -2.10. The van der Waals surface area contributed by atoms with Crippen molar-refractivity contribution in [3.63, 3.8) is 0 Å². The molecule has 2 N–H and O–H groups in total. The zero-order valence-electron chi connectivity index (χ0n) is 15.8. The number of amides is 2. The molecule has 5 heteroatoms. The normalized spacial score (nSPS) is 10.3. The largest absolute Gasteiger partial charge is 0.352 e. The van der Waals surface area contributed by atoms with Crippen LogP contribution in [0.2, 0.25) is 0 Å². The summed E-state index contributed by atoms with van der Waals surface area (Å²) in [6.07, 6.45) is 3.04. The van der Waals surface area contributed by atoms with Crippen LogP contribution in [0.1, 0.15) is 38.9 Å². The summed E-state index contributed by atoms with van der Waals surface area (Å²) in [6.45, 7) is 2.56. The van der Waals surface area contributed by atoms with E-state index in [0.717, 1.165) is 29.7 Å². The number of nitrogens with one attached hydrogen (secondary N) is 2. The first-order chi connectivity index (χ1) is 13.7. The van der Waals surface area contributed by atoms with Gasteiger partial charge in [0.2, 0.25) is 0 Å². The molecule has 0 aliphatic carbocycles. The van der Waals surface area contributed by atoms with E-state index in [4.69, 9.17) is 0 Å². The second-order valence-electron chi connectivity index (χ2n) is 6.39. The lowest BCUT2D eigenvalue weighted by Crippen LogP contribution is -2.26. The lowest BCUT2D eigenvalue weighted by atomic mass is 10.1. The number of nitrogens with zero attached hydrogens (tertiary/aromatic N) is 1. The molecule has 0 saturated carbocycles. The third kappa shape index (κ3) is 5.04. The van der Waals surface area contributed by atoms with Gasteiger partial charge in [0.25, 0.3) is 11.8 Å². The molecule has 2 amide bonds. The standard InChI is InChI=1S/C23H23N3O2/c1-2-18-10-6-7-11-20(18)26-23(28)21-16-19(13-15-24-21)22(27)25-14-12-17-8-4-3-5-9-17/h3-11,13,15-16H,2,12,14H2,1H3,(H,25,27)(H,26,28). The van der Waals surface area contributed by atoms with Gasteiger partial charge in [-0.3, -0.25) is 14.6 Å². The van der Waals surface area contributed by atoms with Gasteiger partial charge in [0.1, 0.15) is 5.69 Å². The summed E-state index contributed by atoms with van der Waals surface area (Å²) in [7, 11) is 0. The Hall–Kier alpha value is -3.47. The van der Waals surface area contributed by atoms with E-state index in [-0.39, 0.29) is 17.5 Å². The van der Waals surface area contributed by atoms with Gasteiger partial charge in [-0.25, -0.2) is 0 Å². The Bertz CT molecular complexity index is 955. The Kier molecular flexibility index (Phi) is 6.52. The van der Waals surface area contributed by atoms with Crippen molar-refractivity contribution >= 4 is 17.5 Å². The fourth-order valence-electron chi connectivity index (χ4n) is 2.90. The maximum absolute atomic E-state index is 12.6. The van der Waals surface area contributed by atoms with Gasteiger partial charge < -0.3 is 10.6 Å². The van der Waals surface area contributed by atoms with E-state index in [1.807, 2.05) is 61.5 Å². The molecule has 0 aliphatic heterocycles. The minimum absolute atomic E-state index is 0.210. The monoisotopic (exact) mass is 373 g/mol. The fraction of sp³-hybridized carbons (Fsp3) is 0.174. The molecule has 3 aromatic rings. The first-order valence-corrected chi connectivity index (χ1v) is 9.35. The minimum Gasteiger partial charge on any atom is -0.352 e. The summed E-state index contributed by atoms with van der Waals surface area (Å²) in [6, 6.07) is 20.7. The molecule has 0 radical (unpaired) electrons. The van der Waals surface area contributed by atoms with Gasteiger partial charge in [0.15, 0.2) is 0 Å². The molecule has 5 nitrogen and oxygen atoms in total. The minimum atomic E-state index is -0.333. The van der Waals surface area contributed by atoms with Crippen molar-refractivity contribution in [3.05, 3.63) is 95.3 Å². The van der Waals surface area contributed by atoms with Crippen LogP contribution in [0.5, 0.6) is 0 Å². The highest BCUT2D eigenvalue weighted by atomic mass is 16.2. The summed E-state index contributed by atoms with van der Waals surface area (Å²) >= 11 is 0. The van der Waals surface area contributed by atoms with Gasteiger partial charge in [-0.1, -0.05) is 55.5 Å². The topological polar surface area (TPSA) is 71.1 Å². The van der Waals surface area contributed by atoms with Crippen molar-refractivity contribution in [2.45, 2.75) is 19.8 Å². The molecule has 142 valence electrons. The van der Waals surface area contributed by atoms with Crippen LogP contribution in [0.25, 0.3) is 0 Å². The lowest BCUT2D eigenvalue weighted by molar-refractivity contribution is 0.0954. The summed E-state index contributed by atoms with van der Waals surface area (Å²) in [4.78, 5) is 29.1. The zero-order valence-corrected chi connectivity index (χ0v) is 15.8. The smallest absolute Gasteiger partial charge is 0.274 e. The number of anilines is 1. The van der Waals surface area contributed by atoms with Crippen molar-refractivity contribution in [3.8, 4) is 0 Å². The van der Waals surface area contributed by atoms with E-state index in [9.17, 15) is 9.59 Å². The summed E-state index contributed by atoms with van der Waals surface area (Å²) in [5.41, 5.74) is 3.59. The second-order valence-corrected chi connectivity index (χ2v) is 6.39. The van der Waals surface area contributed by atoms with Crippen LogP contribution in [0, 0.1) is 0 Å². The van der Waals surface area contributed by atoms with Crippen LogP contribution in [-0.2, 0) is 12.8 Å². The number of pyridine rings is 1. The van der Waals surface area contributed by atoms with Crippen molar-refractivity contribution in [2.75, 3.05) is 11.9 Å². The SMILES string of the molecule is CCc1ccccc1NC(=O)c1cc(C(=O)NCCc2ccccc2)ccn1. The molecule has 0 saturated heterocycles. The fourth-order valence-corrected chi connectivity index (χ4v) is 2.90. The summed E-state index contributed by atoms with van der Waals surface area (Å²) in [5, 5.41) is 5.76. The predicted molar refractivity (Wildman–Crippen MR) is 110 cm³/mol. The van der Waals surface area contributed by atoms with E-state index in [2.05, 4.69) is 15.6 Å². The Labute approximate surface area is 164 Å². The van der Waals surface area contributed by atoms with Gasteiger partial charge in [-0.2, -0.15) is 0 Å². The van der Waals surface area contributed by atoms with E-state index in [1.54, 1.807) is 6.07 Å². The number of hydrogen-bond donors (Lipinski definition) is 2. The molecule has 0 aliphatic rings. The molecule has 0 spiro atoms. The Morgan fingerprint density at radius 2 is 1.68 bits per heavy atom. The second kappa shape index (κ2) is 9.46. The number of rotatable bonds is 7. The van der Waals surface area contributed by atoms with Crippen molar-refractivity contribution in [2.24, 2.45) is 0 Å². The van der Waals surface area contributed by atoms with Crippen molar-refractivity contribution in [1.82, 2.24) is 10.3 Å². The molecule has 28 heavy (non-hydrogen) atoms. The van der Waals surface area contributed by atoms with E-state index >= 15 is 0 Å². The first-order valence-electron chi connectivity index (χ1n) is 9.35. The summed E-state index contributed by atoms with van der Waals surface area (Å²) in [5.74, 6) is -0.554. The van der Waals surface area contributed by atoms with Gasteiger partial charge in [-0.15, -0.1) is 0 Å². The molecular formula is C23H23N3O2. The summed E-state index contributed by atoms with van der Waals surface area (Å²) < 4.78 is 0. The maximum Gasteiger partial charge on any atom is 0.274 e. The molecular weight excluding hydrogens is 350 g/mol. The average molecular weight is 373 g/mol. The average Bonchev–Trinajstić information content (AvgIpc) is 2.75. The van der Waals surface area contributed by atoms with E-state index in [1.165, 1.54) is 12.3 Å². The van der Waals surface area contributed by atoms with Gasteiger partial charge >= 0.3 is 0 Å². The van der Waals surface area contributed by atoms with Crippen molar-refractivity contribution in [1.29, 1.82) is 0 Å². The molecule has 0 unspecified atom stereocenters. The van der Waals surface area contributed by atoms with Crippen LogP contribution in [0.3, 0.4) is 0 Å². The van der Waals surface area contributed by atoms with E-state index in [0.29, 0.717) is 12.1 Å². The van der Waals surface area contributed by atoms with Crippen LogP contribution >= 0.6 is 0 Å². The first kappa shape index (κ1) is 19.3. The third-order valence-electron chi connectivity index (χ3n) is 4.44. The molecule has 2 aromatic carbocycles. The number of hydrogen-bond acceptors (Lipinski definition) is 3. The highest BCUT2D eigenvalue weighted by molar-refractivity contribution is 6.05. The molecule has 0 fully saturated rings. The molecule has 0 bridgehead atoms. The number of carbonyl (C=O) groups is 2. The quantitative estimate of drug-likeness (QED) is 0.660. The van der Waals surface area contributed by atoms with Gasteiger partial charge in [-0.05, 0) is 42.2 Å². The van der Waals surface area contributed by atoms with E-state index < -0.39 is 0 Å². The van der Waals surface area contributed by atoms with Gasteiger partial charge in [0.05, 0.1) is 0 Å². The number of carbonyl (C=O) groups excluding carboxylic acids is 2. The molecule has 1 heterocycles. The van der Waals surface area contributed by atoms with Crippen LogP contribution in [0.4, 0.5) is 5.69 Å². The number of aryl methyl sites for hydroxylation is 1. The highest BCUT2D eigenvalue weighted by Gasteiger charge is 2.13. The van der Waals surface area contributed by atoms with Crippen LogP contribution in [0.15, 0.2) is 72.9 Å². The number of aromatic nitrogens is 1.